The molecule has 0 spiro atoms. The van der Waals surface area contributed by atoms with Gasteiger partial charge in [0.2, 0.25) is 0 Å². The average molecular weight is 289 g/mol. The number of hydrogen-bond acceptors (Lipinski definition) is 4. The Bertz CT molecular complexity index is 703. The molecule has 0 aliphatic rings. The molecule has 0 aliphatic heterocycles. The predicted molar refractivity (Wildman–Crippen MR) is 80.6 cm³/mol. The number of ether oxygens (including phenoxy) is 1. The van der Waals surface area contributed by atoms with E-state index < -0.39 is 5.63 Å². The standard InChI is InChI=1S/C16H19NO4/c1-10(2)8-17-15(18)9-20-12-4-5-13-11(3)6-16(19)21-14(13)7-12/h4-7,10H,8-9H2,1-3H3,(H,17,18). The fraction of sp³-hybridized carbons (Fsp3) is 0.375. The molecule has 0 bridgehead atoms. The van der Waals surface area contributed by atoms with Crippen molar-refractivity contribution in [1.82, 2.24) is 5.32 Å². The largest absolute Gasteiger partial charge is 0.484 e. The summed E-state index contributed by atoms with van der Waals surface area (Å²) in [5, 5.41) is 3.62. The molecular weight excluding hydrogens is 270 g/mol. The number of nitrogens with one attached hydrogen (secondary N) is 1. The van der Waals surface area contributed by atoms with Gasteiger partial charge in [0.15, 0.2) is 6.61 Å². The van der Waals surface area contributed by atoms with Crippen LogP contribution in [0.3, 0.4) is 0 Å². The van der Waals surface area contributed by atoms with Crippen LogP contribution < -0.4 is 15.7 Å². The van der Waals surface area contributed by atoms with E-state index >= 15 is 0 Å². The third kappa shape index (κ3) is 4.08. The number of amides is 1. The summed E-state index contributed by atoms with van der Waals surface area (Å²) in [5.74, 6) is 0.720. The topological polar surface area (TPSA) is 68.5 Å². The molecule has 1 N–H and O–H groups in total. The third-order valence-corrected chi connectivity index (χ3v) is 3.00. The second kappa shape index (κ2) is 6.43. The summed E-state index contributed by atoms with van der Waals surface area (Å²) < 4.78 is 10.5. The summed E-state index contributed by atoms with van der Waals surface area (Å²) in [6, 6.07) is 6.64. The number of aryl methyl sites for hydroxylation is 1. The van der Waals surface area contributed by atoms with Gasteiger partial charge in [0.25, 0.3) is 5.91 Å². The summed E-state index contributed by atoms with van der Waals surface area (Å²) in [4.78, 5) is 22.9. The van der Waals surface area contributed by atoms with Crippen molar-refractivity contribution < 1.29 is 13.9 Å². The van der Waals surface area contributed by atoms with Crippen LogP contribution in [0.4, 0.5) is 0 Å². The Labute approximate surface area is 122 Å². The van der Waals surface area contributed by atoms with Crippen molar-refractivity contribution in [3.8, 4) is 5.75 Å². The van der Waals surface area contributed by atoms with Gasteiger partial charge in [-0.2, -0.15) is 0 Å². The molecule has 1 heterocycles. The number of carbonyl (C=O) groups is 1. The van der Waals surface area contributed by atoms with E-state index in [-0.39, 0.29) is 12.5 Å². The summed E-state index contributed by atoms with van der Waals surface area (Å²) >= 11 is 0. The Morgan fingerprint density at radius 2 is 2.10 bits per heavy atom. The molecule has 5 heteroatoms. The molecule has 1 aromatic heterocycles. The molecule has 1 amide bonds. The molecule has 0 radical (unpaired) electrons. The molecule has 0 unspecified atom stereocenters. The van der Waals surface area contributed by atoms with Crippen molar-refractivity contribution in [2.75, 3.05) is 13.2 Å². The van der Waals surface area contributed by atoms with Crippen LogP contribution in [0.1, 0.15) is 19.4 Å². The van der Waals surface area contributed by atoms with Gasteiger partial charge >= 0.3 is 5.63 Å². The lowest BCUT2D eigenvalue weighted by Gasteiger charge is -2.09. The highest BCUT2D eigenvalue weighted by atomic mass is 16.5. The maximum absolute atomic E-state index is 11.6. The van der Waals surface area contributed by atoms with Crippen molar-refractivity contribution >= 4 is 16.9 Å². The van der Waals surface area contributed by atoms with E-state index in [4.69, 9.17) is 9.15 Å². The first kappa shape index (κ1) is 15.1. The summed E-state index contributed by atoms with van der Waals surface area (Å²) in [6.07, 6.45) is 0. The smallest absolute Gasteiger partial charge is 0.336 e. The second-order valence-electron chi connectivity index (χ2n) is 5.39. The van der Waals surface area contributed by atoms with Gasteiger partial charge in [-0.1, -0.05) is 13.8 Å². The first-order chi connectivity index (χ1) is 9.95. The number of carbonyl (C=O) groups excluding carboxylic acids is 1. The van der Waals surface area contributed by atoms with Gasteiger partial charge in [0.05, 0.1) is 0 Å². The zero-order chi connectivity index (χ0) is 15.4. The van der Waals surface area contributed by atoms with Gasteiger partial charge in [-0.05, 0) is 30.5 Å². The van der Waals surface area contributed by atoms with E-state index in [1.165, 1.54) is 6.07 Å². The highest BCUT2D eigenvalue weighted by Crippen LogP contribution is 2.22. The van der Waals surface area contributed by atoms with Gasteiger partial charge < -0.3 is 14.5 Å². The zero-order valence-electron chi connectivity index (χ0n) is 12.4. The fourth-order valence-electron chi connectivity index (χ4n) is 1.91. The van der Waals surface area contributed by atoms with Crippen LogP contribution in [-0.4, -0.2) is 19.1 Å². The number of benzene rings is 1. The first-order valence-electron chi connectivity index (χ1n) is 6.89. The molecule has 0 saturated carbocycles. The molecule has 0 atom stereocenters. The molecule has 0 saturated heterocycles. The summed E-state index contributed by atoms with van der Waals surface area (Å²) in [7, 11) is 0. The minimum Gasteiger partial charge on any atom is -0.484 e. The van der Waals surface area contributed by atoms with Crippen molar-refractivity contribution in [2.24, 2.45) is 5.92 Å². The first-order valence-corrected chi connectivity index (χ1v) is 6.89. The van der Waals surface area contributed by atoms with Crippen LogP contribution >= 0.6 is 0 Å². The quantitative estimate of drug-likeness (QED) is 0.857. The van der Waals surface area contributed by atoms with Crippen LogP contribution in [-0.2, 0) is 4.79 Å². The van der Waals surface area contributed by atoms with E-state index in [1.807, 2.05) is 26.8 Å². The van der Waals surface area contributed by atoms with E-state index in [0.717, 1.165) is 10.9 Å². The van der Waals surface area contributed by atoms with Crippen molar-refractivity contribution in [2.45, 2.75) is 20.8 Å². The van der Waals surface area contributed by atoms with Gasteiger partial charge in [-0.25, -0.2) is 4.79 Å². The molecule has 2 aromatic rings. The Hall–Kier alpha value is -2.30. The van der Waals surface area contributed by atoms with Crippen LogP contribution in [0.2, 0.25) is 0 Å². The normalized spacial score (nSPS) is 10.9. The summed E-state index contributed by atoms with van der Waals surface area (Å²) in [5.41, 5.74) is 0.911. The molecule has 0 fully saturated rings. The van der Waals surface area contributed by atoms with E-state index in [2.05, 4.69) is 5.32 Å². The van der Waals surface area contributed by atoms with Crippen LogP contribution in [0.15, 0.2) is 33.5 Å². The maximum atomic E-state index is 11.6. The van der Waals surface area contributed by atoms with E-state index in [9.17, 15) is 9.59 Å². The van der Waals surface area contributed by atoms with Crippen LogP contribution in [0, 0.1) is 12.8 Å². The Morgan fingerprint density at radius 3 is 2.81 bits per heavy atom. The molecule has 5 nitrogen and oxygen atoms in total. The van der Waals surface area contributed by atoms with Crippen molar-refractivity contribution in [1.29, 1.82) is 0 Å². The number of rotatable bonds is 5. The van der Waals surface area contributed by atoms with Crippen LogP contribution in [0.25, 0.3) is 11.0 Å². The van der Waals surface area contributed by atoms with Crippen LogP contribution in [0.5, 0.6) is 5.75 Å². The SMILES string of the molecule is Cc1cc(=O)oc2cc(OCC(=O)NCC(C)C)ccc12. The highest BCUT2D eigenvalue weighted by molar-refractivity contribution is 5.81. The molecule has 21 heavy (non-hydrogen) atoms. The van der Waals surface area contributed by atoms with Gasteiger partial charge in [-0.15, -0.1) is 0 Å². The second-order valence-corrected chi connectivity index (χ2v) is 5.39. The molecule has 2 rings (SSSR count). The maximum Gasteiger partial charge on any atom is 0.336 e. The molecule has 1 aromatic carbocycles. The highest BCUT2D eigenvalue weighted by Gasteiger charge is 2.06. The van der Waals surface area contributed by atoms with Gasteiger partial charge in [-0.3, -0.25) is 4.79 Å². The molecule has 0 aliphatic carbocycles. The number of hydrogen-bond donors (Lipinski definition) is 1. The lowest BCUT2D eigenvalue weighted by molar-refractivity contribution is -0.123. The Kier molecular flexibility index (Phi) is 4.62. The lowest BCUT2D eigenvalue weighted by atomic mass is 10.1. The predicted octanol–water partition coefficient (Wildman–Crippen LogP) is 2.25. The minimum absolute atomic E-state index is 0.0612. The van der Waals surface area contributed by atoms with Crippen molar-refractivity contribution in [3.63, 3.8) is 0 Å². The Balaban J connectivity index is 2.06. The van der Waals surface area contributed by atoms with E-state index in [1.54, 1.807) is 12.1 Å². The zero-order valence-corrected chi connectivity index (χ0v) is 12.4. The minimum atomic E-state index is -0.396. The fourth-order valence-corrected chi connectivity index (χ4v) is 1.91. The van der Waals surface area contributed by atoms with E-state index in [0.29, 0.717) is 23.8 Å². The average Bonchev–Trinajstić information content (AvgIpc) is 2.42. The van der Waals surface area contributed by atoms with Crippen molar-refractivity contribution in [3.05, 3.63) is 40.2 Å². The number of fused-ring (bicyclic) bond motifs is 1. The van der Waals surface area contributed by atoms with Gasteiger partial charge in [0, 0.05) is 24.1 Å². The monoisotopic (exact) mass is 289 g/mol. The Morgan fingerprint density at radius 1 is 1.33 bits per heavy atom. The molecular formula is C16H19NO4. The van der Waals surface area contributed by atoms with Gasteiger partial charge in [0.1, 0.15) is 11.3 Å². The summed E-state index contributed by atoms with van der Waals surface area (Å²) in [6.45, 7) is 6.45. The molecule has 112 valence electrons. The third-order valence-electron chi connectivity index (χ3n) is 3.00. The lowest BCUT2D eigenvalue weighted by Crippen LogP contribution is -2.31.